The predicted molar refractivity (Wildman–Crippen MR) is 134 cm³/mol. The molecule has 2 aliphatic rings. The molecule has 2 aliphatic heterocycles. The Kier molecular flexibility index (Phi) is 7.24. The van der Waals surface area contributed by atoms with Crippen molar-refractivity contribution in [1.82, 2.24) is 30.1 Å². The van der Waals surface area contributed by atoms with Crippen LogP contribution in [0.2, 0.25) is 5.02 Å². The van der Waals surface area contributed by atoms with E-state index in [1.807, 2.05) is 11.0 Å². The monoisotopic (exact) mass is 512 g/mol. The van der Waals surface area contributed by atoms with Crippen LogP contribution in [0.4, 0.5) is 4.79 Å². The van der Waals surface area contributed by atoms with Gasteiger partial charge in [-0.05, 0) is 54.8 Å². The number of amides is 2. The summed E-state index contributed by atoms with van der Waals surface area (Å²) in [5.74, 6) is 0.661. The minimum atomic E-state index is -0.321. The fourth-order valence-electron chi connectivity index (χ4n) is 4.92. The van der Waals surface area contributed by atoms with E-state index >= 15 is 0 Å². The molecular formula is C25H29ClN6O4. The van der Waals surface area contributed by atoms with Gasteiger partial charge >= 0.3 is 6.09 Å². The van der Waals surface area contributed by atoms with Crippen molar-refractivity contribution in [2.45, 2.75) is 25.5 Å². The third kappa shape index (κ3) is 5.39. The summed E-state index contributed by atoms with van der Waals surface area (Å²) in [4.78, 5) is 31.6. The van der Waals surface area contributed by atoms with Crippen LogP contribution in [0.1, 0.15) is 28.8 Å². The van der Waals surface area contributed by atoms with E-state index in [4.69, 9.17) is 21.1 Å². The molecule has 0 aliphatic carbocycles. The highest BCUT2D eigenvalue weighted by atomic mass is 35.5. The Morgan fingerprint density at radius 3 is 2.47 bits per heavy atom. The van der Waals surface area contributed by atoms with Crippen LogP contribution in [0.3, 0.4) is 0 Å². The van der Waals surface area contributed by atoms with Gasteiger partial charge in [-0.3, -0.25) is 9.69 Å². The van der Waals surface area contributed by atoms with Crippen LogP contribution < -0.4 is 4.74 Å². The second-order valence-electron chi connectivity index (χ2n) is 9.13. The number of piperazine rings is 1. The Bertz CT molecular complexity index is 1230. The van der Waals surface area contributed by atoms with Gasteiger partial charge < -0.3 is 19.3 Å². The Balaban J connectivity index is 1.07. The molecule has 2 fully saturated rings. The number of aromatic nitrogens is 3. The van der Waals surface area contributed by atoms with Crippen molar-refractivity contribution in [3.63, 3.8) is 0 Å². The van der Waals surface area contributed by atoms with E-state index in [0.29, 0.717) is 54.1 Å². The van der Waals surface area contributed by atoms with Crippen molar-refractivity contribution in [3.05, 3.63) is 52.5 Å². The number of fused-ring (bicyclic) bond motifs is 1. The quantitative estimate of drug-likeness (QED) is 0.560. The number of carbonyl (C=O) groups is 2. The number of likely N-dealkylation sites (tertiary alicyclic amines) is 1. The summed E-state index contributed by atoms with van der Waals surface area (Å²) in [6, 6.07) is 11.1. The van der Waals surface area contributed by atoms with Crippen molar-refractivity contribution >= 4 is 34.6 Å². The minimum absolute atomic E-state index is 0.0308. The molecule has 2 aromatic carbocycles. The van der Waals surface area contributed by atoms with Crippen LogP contribution >= 0.6 is 11.6 Å². The first-order valence-electron chi connectivity index (χ1n) is 12.1. The van der Waals surface area contributed by atoms with Crippen molar-refractivity contribution in [1.29, 1.82) is 0 Å². The number of methoxy groups -OCH3 is 1. The van der Waals surface area contributed by atoms with Gasteiger partial charge in [-0.1, -0.05) is 11.6 Å². The lowest BCUT2D eigenvalue weighted by atomic mass is 10.0. The van der Waals surface area contributed by atoms with Crippen LogP contribution in [0, 0.1) is 0 Å². The van der Waals surface area contributed by atoms with Gasteiger partial charge in [0.2, 0.25) is 0 Å². The van der Waals surface area contributed by atoms with Gasteiger partial charge in [-0.15, -0.1) is 0 Å². The first kappa shape index (κ1) is 24.3. The van der Waals surface area contributed by atoms with E-state index < -0.39 is 0 Å². The molecule has 3 heterocycles. The zero-order valence-corrected chi connectivity index (χ0v) is 20.9. The molecule has 1 N–H and O–H groups in total. The lowest BCUT2D eigenvalue weighted by Gasteiger charge is -2.42. The second-order valence-corrected chi connectivity index (χ2v) is 9.56. The molecule has 190 valence electrons. The molecule has 0 saturated carbocycles. The predicted octanol–water partition coefficient (Wildman–Crippen LogP) is 3.18. The number of H-pyrrole nitrogens is 1. The molecule has 10 nitrogen and oxygen atoms in total. The molecule has 36 heavy (non-hydrogen) atoms. The number of ether oxygens (including phenoxy) is 2. The average molecular weight is 513 g/mol. The summed E-state index contributed by atoms with van der Waals surface area (Å²) in [5.41, 5.74) is 2.86. The van der Waals surface area contributed by atoms with Crippen LogP contribution in [0.25, 0.3) is 11.0 Å². The van der Waals surface area contributed by atoms with Gasteiger partial charge in [0.05, 0.1) is 7.11 Å². The van der Waals surface area contributed by atoms with Gasteiger partial charge in [0.15, 0.2) is 0 Å². The number of benzene rings is 2. The second kappa shape index (κ2) is 10.7. The van der Waals surface area contributed by atoms with E-state index in [9.17, 15) is 9.59 Å². The van der Waals surface area contributed by atoms with E-state index in [-0.39, 0.29) is 18.6 Å². The van der Waals surface area contributed by atoms with E-state index in [1.165, 1.54) is 0 Å². The zero-order chi connectivity index (χ0) is 25.1. The SMILES string of the molecule is COc1cc(Cl)cc(COC(=O)N2CCN(C3CCN(C(=O)c4ccc5n[nH]nc5c4)CC3)CC2)c1. The summed E-state index contributed by atoms with van der Waals surface area (Å²) in [6.45, 7) is 4.40. The van der Waals surface area contributed by atoms with E-state index in [2.05, 4.69) is 20.3 Å². The standard InChI is InChI=1S/C25H29ClN6O4/c1-35-21-13-17(12-19(26)15-21)16-36-25(34)32-10-8-30(9-11-32)20-4-6-31(7-5-20)24(33)18-2-3-22-23(14-18)28-29-27-22/h2-3,12-15,20H,4-11,16H2,1H3,(H,27,28,29). The van der Waals surface area contributed by atoms with Gasteiger partial charge in [-0.25, -0.2) is 4.79 Å². The highest BCUT2D eigenvalue weighted by Crippen LogP contribution is 2.23. The molecule has 0 atom stereocenters. The van der Waals surface area contributed by atoms with Crippen molar-refractivity contribution in [3.8, 4) is 5.75 Å². The van der Waals surface area contributed by atoms with E-state index in [1.54, 1.807) is 42.3 Å². The number of rotatable bonds is 5. The van der Waals surface area contributed by atoms with Crippen molar-refractivity contribution in [2.75, 3.05) is 46.4 Å². The molecular weight excluding hydrogens is 484 g/mol. The number of hydrogen-bond acceptors (Lipinski definition) is 7. The molecule has 0 unspecified atom stereocenters. The fourth-order valence-corrected chi connectivity index (χ4v) is 5.17. The molecule has 11 heteroatoms. The third-order valence-corrected chi connectivity index (χ3v) is 7.15. The Morgan fingerprint density at radius 2 is 1.72 bits per heavy atom. The first-order valence-corrected chi connectivity index (χ1v) is 12.5. The Hall–Kier alpha value is -3.37. The Morgan fingerprint density at radius 1 is 0.972 bits per heavy atom. The molecule has 0 radical (unpaired) electrons. The van der Waals surface area contributed by atoms with Crippen LogP contribution in [0.5, 0.6) is 5.75 Å². The number of piperidine rings is 1. The summed E-state index contributed by atoms with van der Waals surface area (Å²) >= 11 is 6.09. The fraction of sp³-hybridized carbons (Fsp3) is 0.440. The molecule has 0 bridgehead atoms. The maximum atomic E-state index is 13.0. The molecule has 5 rings (SSSR count). The van der Waals surface area contributed by atoms with Crippen molar-refractivity contribution < 1.29 is 19.1 Å². The normalized spacial score (nSPS) is 17.4. The van der Waals surface area contributed by atoms with Gasteiger partial charge in [0, 0.05) is 55.9 Å². The average Bonchev–Trinajstić information content (AvgIpc) is 3.39. The van der Waals surface area contributed by atoms with Gasteiger partial charge in [0.1, 0.15) is 23.4 Å². The lowest BCUT2D eigenvalue weighted by Crippen LogP contribution is -2.54. The molecule has 0 spiro atoms. The maximum absolute atomic E-state index is 13.0. The van der Waals surface area contributed by atoms with Crippen LogP contribution in [-0.2, 0) is 11.3 Å². The van der Waals surface area contributed by atoms with Gasteiger partial charge in [-0.2, -0.15) is 15.4 Å². The topological polar surface area (TPSA) is 104 Å². The smallest absolute Gasteiger partial charge is 0.410 e. The number of nitrogens with one attached hydrogen (secondary N) is 1. The number of carbonyl (C=O) groups excluding carboxylic acids is 2. The number of halogens is 1. The lowest BCUT2D eigenvalue weighted by molar-refractivity contribution is 0.0394. The van der Waals surface area contributed by atoms with Crippen molar-refractivity contribution in [2.24, 2.45) is 0 Å². The number of hydrogen-bond donors (Lipinski definition) is 1. The highest BCUT2D eigenvalue weighted by molar-refractivity contribution is 6.30. The third-order valence-electron chi connectivity index (χ3n) is 6.93. The van der Waals surface area contributed by atoms with Crippen LogP contribution in [0.15, 0.2) is 36.4 Å². The summed E-state index contributed by atoms with van der Waals surface area (Å²) < 4.78 is 10.7. The number of nitrogens with zero attached hydrogens (tertiary/aromatic N) is 5. The summed E-state index contributed by atoms with van der Waals surface area (Å²) in [7, 11) is 1.57. The molecule has 3 aromatic rings. The molecule has 1 aromatic heterocycles. The van der Waals surface area contributed by atoms with E-state index in [0.717, 1.165) is 37.0 Å². The first-order chi connectivity index (χ1) is 17.5. The molecule has 2 amide bonds. The summed E-state index contributed by atoms with van der Waals surface area (Å²) in [6.07, 6.45) is 1.51. The van der Waals surface area contributed by atoms with Crippen LogP contribution in [-0.4, -0.2) is 94.5 Å². The van der Waals surface area contributed by atoms with Gasteiger partial charge in [0.25, 0.3) is 5.91 Å². The highest BCUT2D eigenvalue weighted by Gasteiger charge is 2.31. The minimum Gasteiger partial charge on any atom is -0.497 e. The maximum Gasteiger partial charge on any atom is 0.410 e. The Labute approximate surface area is 214 Å². The zero-order valence-electron chi connectivity index (χ0n) is 20.2. The largest absolute Gasteiger partial charge is 0.497 e. The molecule has 2 saturated heterocycles. The summed E-state index contributed by atoms with van der Waals surface area (Å²) in [5, 5.41) is 11.2. The number of aromatic amines is 1.